The summed E-state index contributed by atoms with van der Waals surface area (Å²) in [6.07, 6.45) is 2.34. The number of piperazine rings is 1. The summed E-state index contributed by atoms with van der Waals surface area (Å²) in [5.74, 6) is 1.25. The topological polar surface area (TPSA) is 70.6 Å². The van der Waals surface area contributed by atoms with E-state index in [2.05, 4.69) is 27.1 Å². The number of hydrogen-bond donors (Lipinski definition) is 1. The lowest BCUT2D eigenvalue weighted by Crippen LogP contribution is -2.48. The van der Waals surface area contributed by atoms with Gasteiger partial charge in [-0.3, -0.25) is 4.79 Å². The number of carbonyl (C=O) groups excluding carboxylic acids is 1. The van der Waals surface area contributed by atoms with E-state index in [1.165, 1.54) is 6.20 Å². The highest BCUT2D eigenvalue weighted by atomic mass is 35.5. The molecule has 0 bridgehead atoms. The minimum Gasteiger partial charge on any atom is -0.491 e. The number of amides is 1. The molecule has 1 aliphatic heterocycles. The molecule has 1 aromatic heterocycles. The van der Waals surface area contributed by atoms with Gasteiger partial charge in [-0.1, -0.05) is 18.5 Å². The zero-order chi connectivity index (χ0) is 20.1. The highest BCUT2D eigenvalue weighted by Crippen LogP contribution is 2.34. The average molecular weight is 424 g/mol. The highest BCUT2D eigenvalue weighted by molar-refractivity contribution is 6.33. The Balaban J connectivity index is 1.81. The number of anilines is 3. The smallest absolute Gasteiger partial charge is 0.224 e. The van der Waals surface area contributed by atoms with Gasteiger partial charge >= 0.3 is 0 Å². The first-order valence-corrected chi connectivity index (χ1v) is 9.96. The van der Waals surface area contributed by atoms with E-state index in [0.717, 1.165) is 44.0 Å². The van der Waals surface area contributed by atoms with Crippen LogP contribution in [0.15, 0.2) is 24.4 Å². The number of ether oxygens (including phenoxy) is 1. The number of aromatic nitrogens is 2. The normalized spacial score (nSPS) is 14.1. The third-order valence-electron chi connectivity index (χ3n) is 4.48. The Kier molecular flexibility index (Phi) is 6.80. The molecular weight excluding hydrogens is 401 g/mol. The molecule has 2 heterocycles. The second-order valence-corrected chi connectivity index (χ2v) is 7.23. The number of nitrogens with zero attached hydrogens (tertiary/aromatic N) is 4. The van der Waals surface area contributed by atoms with Crippen LogP contribution in [0.4, 0.5) is 17.2 Å². The fourth-order valence-corrected chi connectivity index (χ4v) is 3.25. The molecule has 3 rings (SSSR count). The molecule has 1 fully saturated rings. The lowest BCUT2D eigenvalue weighted by molar-refractivity contribution is -0.129. The summed E-state index contributed by atoms with van der Waals surface area (Å²) in [5, 5.41) is 3.66. The van der Waals surface area contributed by atoms with Gasteiger partial charge in [-0.2, -0.15) is 4.98 Å². The molecule has 7 nitrogen and oxygen atoms in total. The maximum absolute atomic E-state index is 11.5. The van der Waals surface area contributed by atoms with Gasteiger partial charge in [0.1, 0.15) is 10.8 Å². The van der Waals surface area contributed by atoms with Crippen molar-refractivity contribution in [2.75, 3.05) is 43.0 Å². The molecule has 1 amide bonds. The highest BCUT2D eigenvalue weighted by Gasteiger charge is 2.20. The minimum atomic E-state index is 0.114. The molecule has 0 unspecified atom stereocenters. The second-order valence-electron chi connectivity index (χ2n) is 6.48. The van der Waals surface area contributed by atoms with E-state index >= 15 is 0 Å². The summed E-state index contributed by atoms with van der Waals surface area (Å²) < 4.78 is 5.95. The SMILES string of the molecule is CCCOc1cc(N2CCN(C(C)=O)CC2)ccc1Nc1nc(Cl)ncc1Cl. The number of rotatable bonds is 6. The Bertz CT molecular complexity index is 841. The van der Waals surface area contributed by atoms with Gasteiger partial charge in [-0.25, -0.2) is 4.98 Å². The lowest BCUT2D eigenvalue weighted by Gasteiger charge is -2.35. The molecule has 1 aromatic carbocycles. The molecule has 150 valence electrons. The van der Waals surface area contributed by atoms with Crippen LogP contribution in [0.3, 0.4) is 0 Å². The summed E-state index contributed by atoms with van der Waals surface area (Å²) in [4.78, 5) is 23.6. The number of hydrogen-bond acceptors (Lipinski definition) is 6. The molecule has 0 atom stereocenters. The van der Waals surface area contributed by atoms with Crippen molar-refractivity contribution in [3.63, 3.8) is 0 Å². The largest absolute Gasteiger partial charge is 0.491 e. The third kappa shape index (κ3) is 4.97. The van der Waals surface area contributed by atoms with Crippen molar-refractivity contribution >= 4 is 46.3 Å². The molecule has 0 spiro atoms. The van der Waals surface area contributed by atoms with E-state index in [4.69, 9.17) is 27.9 Å². The maximum atomic E-state index is 11.5. The van der Waals surface area contributed by atoms with Crippen LogP contribution in [0, 0.1) is 0 Å². The van der Waals surface area contributed by atoms with Crippen molar-refractivity contribution in [2.24, 2.45) is 0 Å². The van der Waals surface area contributed by atoms with Crippen LogP contribution < -0.4 is 15.0 Å². The number of halogens is 2. The summed E-state index contributed by atoms with van der Waals surface area (Å²) in [5.41, 5.74) is 1.79. The molecule has 1 aliphatic rings. The Hall–Kier alpha value is -2.25. The van der Waals surface area contributed by atoms with Gasteiger partial charge < -0.3 is 19.9 Å². The molecule has 1 saturated heterocycles. The maximum Gasteiger partial charge on any atom is 0.224 e. The average Bonchev–Trinajstić information content (AvgIpc) is 2.70. The first-order valence-electron chi connectivity index (χ1n) is 9.20. The molecule has 28 heavy (non-hydrogen) atoms. The van der Waals surface area contributed by atoms with Crippen LogP contribution in [0.1, 0.15) is 20.3 Å². The van der Waals surface area contributed by atoms with E-state index < -0.39 is 0 Å². The van der Waals surface area contributed by atoms with Gasteiger partial charge in [-0.05, 0) is 30.2 Å². The van der Waals surface area contributed by atoms with Gasteiger partial charge in [0.2, 0.25) is 11.2 Å². The van der Waals surface area contributed by atoms with Gasteiger partial charge in [0.15, 0.2) is 5.82 Å². The molecule has 1 N–H and O–H groups in total. The van der Waals surface area contributed by atoms with E-state index in [9.17, 15) is 4.79 Å². The summed E-state index contributed by atoms with van der Waals surface area (Å²) in [7, 11) is 0. The number of carbonyl (C=O) groups is 1. The van der Waals surface area contributed by atoms with Gasteiger partial charge in [-0.15, -0.1) is 0 Å². The number of nitrogens with one attached hydrogen (secondary N) is 1. The van der Waals surface area contributed by atoms with Crippen molar-refractivity contribution in [3.05, 3.63) is 34.7 Å². The van der Waals surface area contributed by atoms with Crippen LogP contribution >= 0.6 is 23.2 Å². The van der Waals surface area contributed by atoms with Crippen LogP contribution in [0.2, 0.25) is 10.3 Å². The quantitative estimate of drug-likeness (QED) is 0.708. The predicted molar refractivity (Wildman–Crippen MR) is 112 cm³/mol. The van der Waals surface area contributed by atoms with Crippen molar-refractivity contribution in [1.82, 2.24) is 14.9 Å². The van der Waals surface area contributed by atoms with Gasteiger partial charge in [0.25, 0.3) is 0 Å². The van der Waals surface area contributed by atoms with E-state index in [-0.39, 0.29) is 11.2 Å². The zero-order valence-electron chi connectivity index (χ0n) is 15.9. The van der Waals surface area contributed by atoms with Crippen LogP contribution in [0.25, 0.3) is 0 Å². The molecule has 9 heteroatoms. The van der Waals surface area contributed by atoms with E-state index in [0.29, 0.717) is 23.2 Å². The van der Waals surface area contributed by atoms with Crippen molar-refractivity contribution in [1.29, 1.82) is 0 Å². The Morgan fingerprint density at radius 2 is 2.00 bits per heavy atom. The Labute approximate surface area is 174 Å². The Morgan fingerprint density at radius 1 is 1.25 bits per heavy atom. The first-order chi connectivity index (χ1) is 13.5. The molecular formula is C19H23Cl2N5O2. The molecule has 0 saturated carbocycles. The zero-order valence-corrected chi connectivity index (χ0v) is 17.4. The van der Waals surface area contributed by atoms with E-state index in [1.807, 2.05) is 23.1 Å². The summed E-state index contributed by atoms with van der Waals surface area (Å²) in [6, 6.07) is 5.95. The standard InChI is InChI=1S/C19H23Cl2N5O2/c1-3-10-28-17-11-14(26-8-6-25(7-9-26)13(2)27)4-5-16(17)23-18-15(20)12-22-19(21)24-18/h4-5,11-12H,3,6-10H2,1-2H3,(H,22,23,24). The van der Waals surface area contributed by atoms with Crippen LogP contribution in [-0.4, -0.2) is 53.6 Å². The van der Waals surface area contributed by atoms with Crippen molar-refractivity contribution < 1.29 is 9.53 Å². The number of benzene rings is 1. The van der Waals surface area contributed by atoms with Crippen molar-refractivity contribution in [2.45, 2.75) is 20.3 Å². The fourth-order valence-electron chi connectivity index (χ4n) is 2.98. The van der Waals surface area contributed by atoms with Crippen LogP contribution in [0.5, 0.6) is 5.75 Å². The van der Waals surface area contributed by atoms with Crippen LogP contribution in [-0.2, 0) is 4.79 Å². The Morgan fingerprint density at radius 3 is 2.68 bits per heavy atom. The molecule has 2 aromatic rings. The van der Waals surface area contributed by atoms with E-state index in [1.54, 1.807) is 6.92 Å². The molecule has 0 aliphatic carbocycles. The fraction of sp³-hybridized carbons (Fsp3) is 0.421. The third-order valence-corrected chi connectivity index (χ3v) is 4.94. The summed E-state index contributed by atoms with van der Waals surface area (Å²) in [6.45, 7) is 7.26. The monoisotopic (exact) mass is 423 g/mol. The molecule has 0 radical (unpaired) electrons. The minimum absolute atomic E-state index is 0.114. The second kappa shape index (κ2) is 9.30. The summed E-state index contributed by atoms with van der Waals surface area (Å²) >= 11 is 12.0. The lowest BCUT2D eigenvalue weighted by atomic mass is 10.2. The predicted octanol–water partition coefficient (Wildman–Crippen LogP) is 3.98. The van der Waals surface area contributed by atoms with Crippen molar-refractivity contribution in [3.8, 4) is 5.75 Å². The first kappa shape index (κ1) is 20.5. The van der Waals surface area contributed by atoms with Gasteiger partial charge in [0, 0.05) is 44.9 Å². The van der Waals surface area contributed by atoms with Gasteiger partial charge in [0.05, 0.1) is 18.5 Å².